The molecule has 2 unspecified atom stereocenters. The maximum atomic E-state index is 5.45. The summed E-state index contributed by atoms with van der Waals surface area (Å²) in [5.41, 5.74) is 1.17. The second-order valence-electron chi connectivity index (χ2n) is 5.53. The smallest absolute Gasteiger partial charge is 0.127 e. The normalized spacial score (nSPS) is 14.3. The van der Waals surface area contributed by atoms with E-state index in [-0.39, 0.29) is 6.04 Å². The highest BCUT2D eigenvalue weighted by molar-refractivity contribution is 5.42. The topological polar surface area (TPSA) is 30.5 Å². The largest absolute Gasteiger partial charge is 0.497 e. The molecule has 0 fully saturated rings. The maximum Gasteiger partial charge on any atom is 0.127 e. The van der Waals surface area contributed by atoms with Crippen LogP contribution in [-0.2, 0) is 0 Å². The van der Waals surface area contributed by atoms with Gasteiger partial charge in [-0.25, -0.2) is 0 Å². The van der Waals surface area contributed by atoms with Crippen molar-refractivity contribution in [3.05, 3.63) is 23.8 Å². The van der Waals surface area contributed by atoms with Gasteiger partial charge in [0.05, 0.1) is 14.2 Å². The number of hydrogen-bond donors (Lipinski definition) is 1. The molecule has 108 valence electrons. The summed E-state index contributed by atoms with van der Waals surface area (Å²) in [5.74, 6) is 2.39. The standard InChI is InChI=1S/C16H27NO2/c1-11(2)9-12(3)17-13(4)15-8-7-14(18-5)10-16(15)19-6/h7-8,10-13,17H,9H2,1-6H3. The van der Waals surface area contributed by atoms with Crippen LogP contribution in [-0.4, -0.2) is 20.3 Å². The molecule has 2 atom stereocenters. The molecule has 3 nitrogen and oxygen atoms in total. The molecule has 3 heteroatoms. The summed E-state index contributed by atoms with van der Waals surface area (Å²) in [5, 5.41) is 3.62. The molecular weight excluding hydrogens is 238 g/mol. The quantitative estimate of drug-likeness (QED) is 0.813. The Morgan fingerprint density at radius 1 is 1.05 bits per heavy atom. The van der Waals surface area contributed by atoms with E-state index in [0.29, 0.717) is 12.0 Å². The van der Waals surface area contributed by atoms with Crippen molar-refractivity contribution in [3.8, 4) is 11.5 Å². The molecule has 0 aliphatic rings. The highest BCUT2D eigenvalue weighted by atomic mass is 16.5. The summed E-state index contributed by atoms with van der Waals surface area (Å²) in [4.78, 5) is 0. The molecule has 0 aromatic heterocycles. The Hall–Kier alpha value is -1.22. The second kappa shape index (κ2) is 7.39. The molecule has 0 heterocycles. The van der Waals surface area contributed by atoms with Crippen molar-refractivity contribution in [1.29, 1.82) is 0 Å². The minimum absolute atomic E-state index is 0.259. The molecule has 0 bridgehead atoms. The van der Waals surface area contributed by atoms with Crippen molar-refractivity contribution in [2.75, 3.05) is 14.2 Å². The predicted molar refractivity (Wildman–Crippen MR) is 80.0 cm³/mol. The van der Waals surface area contributed by atoms with E-state index >= 15 is 0 Å². The van der Waals surface area contributed by atoms with Gasteiger partial charge in [-0.1, -0.05) is 19.9 Å². The van der Waals surface area contributed by atoms with Gasteiger partial charge in [-0.2, -0.15) is 0 Å². The van der Waals surface area contributed by atoms with Gasteiger partial charge >= 0.3 is 0 Å². The molecule has 1 N–H and O–H groups in total. The Bertz CT molecular complexity index is 390. The predicted octanol–water partition coefficient (Wildman–Crippen LogP) is 3.79. The second-order valence-corrected chi connectivity index (χ2v) is 5.53. The highest BCUT2D eigenvalue weighted by Gasteiger charge is 2.15. The SMILES string of the molecule is COc1ccc(C(C)NC(C)CC(C)C)c(OC)c1. The van der Waals surface area contributed by atoms with Crippen LogP contribution < -0.4 is 14.8 Å². The van der Waals surface area contributed by atoms with Crippen LogP contribution >= 0.6 is 0 Å². The molecule has 0 spiro atoms. The van der Waals surface area contributed by atoms with Gasteiger partial charge in [0.2, 0.25) is 0 Å². The summed E-state index contributed by atoms with van der Waals surface area (Å²) < 4.78 is 10.7. The van der Waals surface area contributed by atoms with E-state index in [2.05, 4.69) is 39.1 Å². The first-order valence-electron chi connectivity index (χ1n) is 6.95. The third-order valence-corrected chi connectivity index (χ3v) is 3.27. The minimum Gasteiger partial charge on any atom is -0.497 e. The molecule has 0 saturated carbocycles. The molecule has 0 radical (unpaired) electrons. The van der Waals surface area contributed by atoms with E-state index in [1.54, 1.807) is 14.2 Å². The van der Waals surface area contributed by atoms with E-state index in [1.165, 1.54) is 12.0 Å². The first-order chi connectivity index (χ1) is 8.97. The van der Waals surface area contributed by atoms with Gasteiger partial charge in [-0.15, -0.1) is 0 Å². The lowest BCUT2D eigenvalue weighted by molar-refractivity contribution is 0.373. The Kier molecular flexibility index (Phi) is 6.16. The van der Waals surface area contributed by atoms with Crippen LogP contribution in [0, 0.1) is 5.92 Å². The fraction of sp³-hybridized carbons (Fsp3) is 0.625. The van der Waals surface area contributed by atoms with E-state index in [4.69, 9.17) is 9.47 Å². The van der Waals surface area contributed by atoms with Crippen LogP contribution in [0.4, 0.5) is 0 Å². The third-order valence-electron chi connectivity index (χ3n) is 3.27. The minimum atomic E-state index is 0.259. The number of hydrogen-bond acceptors (Lipinski definition) is 3. The van der Waals surface area contributed by atoms with Gasteiger partial charge < -0.3 is 14.8 Å². The van der Waals surface area contributed by atoms with Gasteiger partial charge in [0, 0.05) is 23.7 Å². The van der Waals surface area contributed by atoms with Gasteiger partial charge in [0.1, 0.15) is 11.5 Å². The van der Waals surface area contributed by atoms with Crippen LogP contribution in [0.2, 0.25) is 0 Å². The average Bonchev–Trinajstić information content (AvgIpc) is 2.36. The zero-order valence-electron chi connectivity index (χ0n) is 13.0. The summed E-state index contributed by atoms with van der Waals surface area (Å²) in [7, 11) is 3.36. The van der Waals surface area contributed by atoms with Gasteiger partial charge in [0.25, 0.3) is 0 Å². The zero-order valence-corrected chi connectivity index (χ0v) is 13.0. The Morgan fingerprint density at radius 3 is 2.26 bits per heavy atom. The van der Waals surface area contributed by atoms with E-state index < -0.39 is 0 Å². The zero-order chi connectivity index (χ0) is 14.4. The van der Waals surface area contributed by atoms with E-state index in [0.717, 1.165) is 11.5 Å². The number of methoxy groups -OCH3 is 2. The lowest BCUT2D eigenvalue weighted by Gasteiger charge is -2.23. The molecular formula is C16H27NO2. The van der Waals surface area contributed by atoms with Crippen LogP contribution in [0.5, 0.6) is 11.5 Å². The first-order valence-corrected chi connectivity index (χ1v) is 6.95. The van der Waals surface area contributed by atoms with Crippen LogP contribution in [0.1, 0.15) is 45.7 Å². The van der Waals surface area contributed by atoms with Gasteiger partial charge in [-0.05, 0) is 32.3 Å². The highest BCUT2D eigenvalue weighted by Crippen LogP contribution is 2.29. The molecule has 1 aromatic carbocycles. The summed E-state index contributed by atoms with van der Waals surface area (Å²) in [6.07, 6.45) is 1.17. The van der Waals surface area contributed by atoms with Crippen molar-refractivity contribution in [2.24, 2.45) is 5.92 Å². The molecule has 1 rings (SSSR count). The average molecular weight is 265 g/mol. The van der Waals surface area contributed by atoms with Crippen molar-refractivity contribution >= 4 is 0 Å². The van der Waals surface area contributed by atoms with Crippen molar-refractivity contribution < 1.29 is 9.47 Å². The Balaban J connectivity index is 2.78. The summed E-state index contributed by atoms with van der Waals surface area (Å²) in [6, 6.07) is 6.72. The monoisotopic (exact) mass is 265 g/mol. The van der Waals surface area contributed by atoms with Crippen LogP contribution in [0.15, 0.2) is 18.2 Å². The number of benzene rings is 1. The molecule has 19 heavy (non-hydrogen) atoms. The Morgan fingerprint density at radius 2 is 1.74 bits per heavy atom. The van der Waals surface area contributed by atoms with Crippen molar-refractivity contribution in [1.82, 2.24) is 5.32 Å². The molecule has 1 aromatic rings. The first kappa shape index (κ1) is 15.8. The Labute approximate surface area is 117 Å². The van der Waals surface area contributed by atoms with Gasteiger partial charge in [0.15, 0.2) is 0 Å². The summed E-state index contributed by atoms with van der Waals surface area (Å²) in [6.45, 7) is 8.89. The van der Waals surface area contributed by atoms with Crippen LogP contribution in [0.3, 0.4) is 0 Å². The maximum absolute atomic E-state index is 5.45. The van der Waals surface area contributed by atoms with Crippen molar-refractivity contribution in [2.45, 2.75) is 46.2 Å². The lowest BCUT2D eigenvalue weighted by Crippen LogP contribution is -2.30. The molecule has 0 aliphatic heterocycles. The lowest BCUT2D eigenvalue weighted by atomic mass is 10.0. The van der Waals surface area contributed by atoms with Crippen LogP contribution in [0.25, 0.3) is 0 Å². The summed E-state index contributed by atoms with van der Waals surface area (Å²) >= 11 is 0. The van der Waals surface area contributed by atoms with Crippen molar-refractivity contribution in [3.63, 3.8) is 0 Å². The number of ether oxygens (including phenoxy) is 2. The number of nitrogens with one attached hydrogen (secondary N) is 1. The van der Waals surface area contributed by atoms with E-state index in [1.807, 2.05) is 12.1 Å². The molecule has 0 amide bonds. The van der Waals surface area contributed by atoms with E-state index in [9.17, 15) is 0 Å². The third kappa shape index (κ3) is 4.75. The van der Waals surface area contributed by atoms with Gasteiger partial charge in [-0.3, -0.25) is 0 Å². The molecule has 0 aliphatic carbocycles. The fourth-order valence-electron chi connectivity index (χ4n) is 2.47. The molecule has 0 saturated heterocycles. The fourth-order valence-corrected chi connectivity index (χ4v) is 2.47. The number of rotatable bonds is 7.